The van der Waals surface area contributed by atoms with Gasteiger partial charge in [-0.05, 0) is 48.5 Å². The number of hydrogen-bond donors (Lipinski definition) is 3. The van der Waals surface area contributed by atoms with Crippen molar-refractivity contribution in [1.82, 2.24) is 5.32 Å². The van der Waals surface area contributed by atoms with E-state index in [2.05, 4.69) is 10.6 Å². The molecule has 2 rings (SSSR count). The molecule has 0 aromatic heterocycles. The van der Waals surface area contributed by atoms with E-state index in [1.165, 1.54) is 33.5 Å². The molecule has 1 amide bonds. The lowest BCUT2D eigenvalue weighted by Gasteiger charge is -2.15. The second-order valence-electron chi connectivity index (χ2n) is 5.53. The number of amides is 1. The van der Waals surface area contributed by atoms with Crippen LogP contribution in [0, 0.1) is 0 Å². The first kappa shape index (κ1) is 20.3. The monoisotopic (exact) mass is 390 g/mol. The molecule has 0 atom stereocenters. The third kappa shape index (κ3) is 4.79. The summed E-state index contributed by atoms with van der Waals surface area (Å²) in [5, 5.41) is 15.4. The summed E-state index contributed by atoms with van der Waals surface area (Å²) in [4.78, 5) is 12.5. The maximum absolute atomic E-state index is 12.5. The molecule has 2 aromatic carbocycles. The second-order valence-corrected chi connectivity index (χ2v) is 5.94. The van der Waals surface area contributed by atoms with Crippen LogP contribution < -0.4 is 24.8 Å². The normalized spacial score (nSPS) is 10.1. The fourth-order valence-corrected chi connectivity index (χ4v) is 2.65. The van der Waals surface area contributed by atoms with Gasteiger partial charge >= 0.3 is 0 Å². The molecule has 0 aliphatic carbocycles. The predicted octanol–water partition coefficient (Wildman–Crippen LogP) is 3.11. The molecule has 0 spiro atoms. The first-order chi connectivity index (χ1) is 12.9. The van der Waals surface area contributed by atoms with Crippen molar-refractivity contribution in [1.29, 1.82) is 0 Å². The highest BCUT2D eigenvalue weighted by molar-refractivity contribution is 7.80. The van der Waals surface area contributed by atoms with Gasteiger partial charge in [-0.2, -0.15) is 0 Å². The molecule has 0 radical (unpaired) electrons. The quantitative estimate of drug-likeness (QED) is 0.516. The topological polar surface area (TPSA) is 89.1 Å². The minimum Gasteiger partial charge on any atom is -0.506 e. The zero-order valence-electron chi connectivity index (χ0n) is 15.6. The Kier molecular flexibility index (Phi) is 6.84. The van der Waals surface area contributed by atoms with E-state index in [0.29, 0.717) is 22.9 Å². The third-order valence-corrected chi connectivity index (χ3v) is 4.08. The Morgan fingerprint density at radius 3 is 2.22 bits per heavy atom. The Bertz CT molecular complexity index is 829. The van der Waals surface area contributed by atoms with Crippen molar-refractivity contribution in [3.63, 3.8) is 0 Å². The van der Waals surface area contributed by atoms with Gasteiger partial charge in [0.2, 0.25) is 5.75 Å². The summed E-state index contributed by atoms with van der Waals surface area (Å²) >= 11 is 5.18. The van der Waals surface area contributed by atoms with E-state index in [1.807, 2.05) is 13.0 Å². The van der Waals surface area contributed by atoms with Crippen LogP contribution in [0.3, 0.4) is 0 Å². The Balaban J connectivity index is 2.18. The van der Waals surface area contributed by atoms with Crippen LogP contribution >= 0.6 is 12.2 Å². The Hall–Kier alpha value is -3.00. The molecule has 7 nitrogen and oxygen atoms in total. The molecule has 0 aliphatic rings. The number of hydrogen-bond acceptors (Lipinski definition) is 6. The molecule has 0 saturated heterocycles. The smallest absolute Gasteiger partial charge is 0.257 e. The van der Waals surface area contributed by atoms with Crippen LogP contribution in [0.4, 0.5) is 5.69 Å². The van der Waals surface area contributed by atoms with Gasteiger partial charge in [-0.15, -0.1) is 0 Å². The highest BCUT2D eigenvalue weighted by Gasteiger charge is 2.18. The number of carbonyl (C=O) groups is 1. The number of anilines is 1. The number of phenols is 1. The van der Waals surface area contributed by atoms with Crippen LogP contribution in [0.1, 0.15) is 22.8 Å². The minimum absolute atomic E-state index is 0.0385. The minimum atomic E-state index is -0.460. The van der Waals surface area contributed by atoms with Crippen LogP contribution in [-0.2, 0) is 6.42 Å². The van der Waals surface area contributed by atoms with Crippen LogP contribution in [-0.4, -0.2) is 37.5 Å². The third-order valence-electron chi connectivity index (χ3n) is 3.87. The maximum atomic E-state index is 12.5. The van der Waals surface area contributed by atoms with Gasteiger partial charge in [-0.3, -0.25) is 10.1 Å². The summed E-state index contributed by atoms with van der Waals surface area (Å²) in [6.45, 7) is 2.00. The SMILES string of the molecule is CCc1ccc(O)c(NC(=S)NC(=O)c2cc(OC)c(OC)c(OC)c2)c1. The first-order valence-corrected chi connectivity index (χ1v) is 8.58. The van der Waals surface area contributed by atoms with Crippen molar-refractivity contribution >= 4 is 28.9 Å². The molecule has 27 heavy (non-hydrogen) atoms. The molecule has 0 unspecified atom stereocenters. The van der Waals surface area contributed by atoms with Crippen molar-refractivity contribution in [3.8, 4) is 23.0 Å². The predicted molar refractivity (Wildman–Crippen MR) is 107 cm³/mol. The van der Waals surface area contributed by atoms with Gasteiger partial charge in [0.1, 0.15) is 5.75 Å². The largest absolute Gasteiger partial charge is 0.506 e. The average molecular weight is 390 g/mol. The standard InChI is InChI=1S/C19H22N2O5S/c1-5-11-6-7-14(22)13(8-11)20-19(27)21-18(23)12-9-15(24-2)17(26-4)16(10-12)25-3/h6-10,22H,5H2,1-4H3,(H2,20,21,23,27). The number of nitrogens with one attached hydrogen (secondary N) is 2. The molecule has 0 bridgehead atoms. The lowest BCUT2D eigenvalue weighted by molar-refractivity contribution is 0.0977. The molecular weight excluding hydrogens is 368 g/mol. The average Bonchev–Trinajstić information content (AvgIpc) is 2.68. The Morgan fingerprint density at radius 1 is 1.07 bits per heavy atom. The summed E-state index contributed by atoms with van der Waals surface area (Å²) < 4.78 is 15.7. The van der Waals surface area contributed by atoms with E-state index in [9.17, 15) is 9.90 Å². The number of phenolic OH excluding ortho intramolecular Hbond substituents is 1. The van der Waals surface area contributed by atoms with Crippen molar-refractivity contribution in [2.45, 2.75) is 13.3 Å². The maximum Gasteiger partial charge on any atom is 0.257 e. The molecule has 0 saturated carbocycles. The number of aryl methyl sites for hydroxylation is 1. The van der Waals surface area contributed by atoms with Crippen LogP contribution in [0.15, 0.2) is 30.3 Å². The van der Waals surface area contributed by atoms with Gasteiger partial charge < -0.3 is 24.6 Å². The van der Waals surface area contributed by atoms with Crippen molar-refractivity contribution < 1.29 is 24.1 Å². The van der Waals surface area contributed by atoms with E-state index in [1.54, 1.807) is 12.1 Å². The number of carbonyl (C=O) groups excluding carboxylic acids is 1. The summed E-state index contributed by atoms with van der Waals surface area (Å²) in [5.41, 5.74) is 1.72. The number of thiocarbonyl (C=S) groups is 1. The fourth-order valence-electron chi connectivity index (χ4n) is 2.44. The fraction of sp³-hybridized carbons (Fsp3) is 0.263. The molecular formula is C19H22N2O5S. The molecule has 8 heteroatoms. The van der Waals surface area contributed by atoms with Gasteiger partial charge in [-0.25, -0.2) is 0 Å². The molecule has 0 aliphatic heterocycles. The Morgan fingerprint density at radius 2 is 1.70 bits per heavy atom. The highest BCUT2D eigenvalue weighted by Crippen LogP contribution is 2.38. The van der Waals surface area contributed by atoms with Crippen molar-refractivity contribution in [2.75, 3.05) is 26.6 Å². The highest BCUT2D eigenvalue weighted by atomic mass is 32.1. The van der Waals surface area contributed by atoms with E-state index >= 15 is 0 Å². The van der Waals surface area contributed by atoms with Gasteiger partial charge in [0.05, 0.1) is 27.0 Å². The first-order valence-electron chi connectivity index (χ1n) is 8.17. The number of aromatic hydroxyl groups is 1. The van der Waals surface area contributed by atoms with Gasteiger partial charge in [0.15, 0.2) is 16.6 Å². The lowest BCUT2D eigenvalue weighted by atomic mass is 10.1. The van der Waals surface area contributed by atoms with Crippen LogP contribution in [0.25, 0.3) is 0 Å². The van der Waals surface area contributed by atoms with Crippen molar-refractivity contribution in [3.05, 3.63) is 41.5 Å². The Labute approximate surface area is 163 Å². The van der Waals surface area contributed by atoms with Crippen LogP contribution in [0.2, 0.25) is 0 Å². The molecule has 2 aromatic rings. The molecule has 0 heterocycles. The second kappa shape index (κ2) is 9.09. The van der Waals surface area contributed by atoms with Gasteiger partial charge in [-0.1, -0.05) is 13.0 Å². The summed E-state index contributed by atoms with van der Waals surface area (Å²) in [5.74, 6) is 0.677. The van der Waals surface area contributed by atoms with Crippen molar-refractivity contribution in [2.24, 2.45) is 0 Å². The molecule has 3 N–H and O–H groups in total. The zero-order chi connectivity index (χ0) is 20.0. The summed E-state index contributed by atoms with van der Waals surface area (Å²) in [7, 11) is 4.42. The van der Waals surface area contributed by atoms with E-state index in [-0.39, 0.29) is 16.4 Å². The van der Waals surface area contributed by atoms with Crippen LogP contribution in [0.5, 0.6) is 23.0 Å². The van der Waals surface area contributed by atoms with Gasteiger partial charge in [0, 0.05) is 5.56 Å². The van der Waals surface area contributed by atoms with E-state index in [4.69, 9.17) is 26.4 Å². The molecule has 144 valence electrons. The number of methoxy groups -OCH3 is 3. The molecule has 0 fully saturated rings. The van der Waals surface area contributed by atoms with E-state index in [0.717, 1.165) is 12.0 Å². The summed E-state index contributed by atoms with van der Waals surface area (Å²) in [6.07, 6.45) is 0.805. The number of benzene rings is 2. The van der Waals surface area contributed by atoms with E-state index < -0.39 is 5.91 Å². The zero-order valence-corrected chi connectivity index (χ0v) is 16.4. The van der Waals surface area contributed by atoms with Gasteiger partial charge in [0.25, 0.3) is 5.91 Å². The lowest BCUT2D eigenvalue weighted by Crippen LogP contribution is -2.34. The summed E-state index contributed by atoms with van der Waals surface area (Å²) in [6, 6.07) is 8.21. The number of rotatable bonds is 6. The number of ether oxygens (including phenoxy) is 3.